The number of hydrogen-bond acceptors (Lipinski definition) is 4. The number of carboxylic acid groups (broad SMARTS) is 1. The summed E-state index contributed by atoms with van der Waals surface area (Å²) in [5.74, 6) is -1.84. The molecule has 0 saturated carbocycles. The number of halogens is 2. The molecule has 122 valence electrons. The Hall–Kier alpha value is -1.63. The zero-order valence-electron chi connectivity index (χ0n) is 12.2. The summed E-state index contributed by atoms with van der Waals surface area (Å²) in [6.45, 7) is 1.63. The molecule has 5 nitrogen and oxygen atoms in total. The number of carbonyl (C=O) groups is 2. The van der Waals surface area contributed by atoms with Gasteiger partial charge in [0, 0.05) is 22.5 Å². The normalized spacial score (nSPS) is 12.0. The summed E-state index contributed by atoms with van der Waals surface area (Å²) in [4.78, 5) is 26.9. The molecule has 1 aromatic heterocycles. The largest absolute Gasteiger partial charge is 0.481 e. The fraction of sp³-hybridized carbons (Fsp3) is 0.267. The third-order valence-electron chi connectivity index (χ3n) is 3.08. The van der Waals surface area contributed by atoms with Crippen molar-refractivity contribution in [2.24, 2.45) is 5.92 Å². The van der Waals surface area contributed by atoms with Gasteiger partial charge in [-0.2, -0.15) is 0 Å². The van der Waals surface area contributed by atoms with E-state index in [1.807, 2.05) is 0 Å². The van der Waals surface area contributed by atoms with Crippen LogP contribution >= 0.6 is 34.5 Å². The molecule has 1 aromatic carbocycles. The first-order valence-electron chi connectivity index (χ1n) is 6.76. The van der Waals surface area contributed by atoms with Crippen LogP contribution in [-0.2, 0) is 16.0 Å². The van der Waals surface area contributed by atoms with Gasteiger partial charge >= 0.3 is 5.97 Å². The minimum Gasteiger partial charge on any atom is -0.481 e. The molecule has 1 amide bonds. The molecule has 0 fully saturated rings. The maximum absolute atomic E-state index is 11.8. The lowest BCUT2D eigenvalue weighted by atomic mass is 10.2. The number of aliphatic carboxylic acids is 1. The minimum absolute atomic E-state index is 0.0913. The second-order valence-corrected chi connectivity index (χ2v) is 6.69. The van der Waals surface area contributed by atoms with Gasteiger partial charge in [0.15, 0.2) is 0 Å². The highest BCUT2D eigenvalue weighted by Gasteiger charge is 2.14. The molecule has 1 heterocycles. The molecule has 1 atom stereocenters. The van der Waals surface area contributed by atoms with E-state index in [0.29, 0.717) is 20.7 Å². The Morgan fingerprint density at radius 2 is 2.13 bits per heavy atom. The number of aromatic nitrogens is 1. The average Bonchev–Trinajstić information content (AvgIpc) is 2.92. The lowest BCUT2D eigenvalue weighted by Gasteiger charge is -2.07. The number of amides is 1. The number of rotatable bonds is 6. The van der Waals surface area contributed by atoms with Crippen LogP contribution in [0.2, 0.25) is 10.0 Å². The molecule has 0 spiro atoms. The van der Waals surface area contributed by atoms with Crippen LogP contribution in [0.3, 0.4) is 0 Å². The maximum Gasteiger partial charge on any atom is 0.308 e. The van der Waals surface area contributed by atoms with E-state index >= 15 is 0 Å². The predicted molar refractivity (Wildman–Crippen MR) is 91.1 cm³/mol. The van der Waals surface area contributed by atoms with Crippen LogP contribution in [0.4, 0.5) is 0 Å². The second-order valence-electron chi connectivity index (χ2n) is 4.99. The molecular weight excluding hydrogens is 359 g/mol. The van der Waals surface area contributed by atoms with Gasteiger partial charge in [0.1, 0.15) is 5.01 Å². The highest BCUT2D eigenvalue weighted by Crippen LogP contribution is 2.32. The lowest BCUT2D eigenvalue weighted by molar-refractivity contribution is -0.141. The second kappa shape index (κ2) is 7.77. The lowest BCUT2D eigenvalue weighted by Crippen LogP contribution is -2.32. The van der Waals surface area contributed by atoms with Crippen molar-refractivity contribution in [3.05, 3.63) is 39.3 Å². The average molecular weight is 373 g/mol. The standard InChI is InChI=1S/C15H14Cl2N2O3S/c1-8(15(21)22)6-18-13(20)5-10-7-23-14(19-10)11-3-2-9(16)4-12(11)17/h2-4,7-8H,5-6H2,1H3,(H,18,20)(H,21,22). The molecule has 8 heteroatoms. The number of nitrogens with one attached hydrogen (secondary N) is 1. The van der Waals surface area contributed by atoms with Crippen LogP contribution < -0.4 is 5.32 Å². The van der Waals surface area contributed by atoms with Gasteiger partial charge in [-0.05, 0) is 18.2 Å². The first-order valence-corrected chi connectivity index (χ1v) is 8.39. The fourth-order valence-electron chi connectivity index (χ4n) is 1.76. The van der Waals surface area contributed by atoms with Crippen LogP contribution in [0.5, 0.6) is 0 Å². The Bertz CT molecular complexity index is 733. The molecule has 0 aliphatic rings. The van der Waals surface area contributed by atoms with Crippen molar-refractivity contribution in [3.63, 3.8) is 0 Å². The molecule has 0 aliphatic heterocycles. The van der Waals surface area contributed by atoms with Gasteiger partial charge in [-0.15, -0.1) is 11.3 Å². The van der Waals surface area contributed by atoms with Crippen molar-refractivity contribution in [1.82, 2.24) is 10.3 Å². The van der Waals surface area contributed by atoms with E-state index in [-0.39, 0.29) is 18.9 Å². The topological polar surface area (TPSA) is 79.3 Å². The zero-order chi connectivity index (χ0) is 17.0. The van der Waals surface area contributed by atoms with Crippen molar-refractivity contribution in [1.29, 1.82) is 0 Å². The van der Waals surface area contributed by atoms with Crippen LogP contribution in [0.15, 0.2) is 23.6 Å². The summed E-state index contributed by atoms with van der Waals surface area (Å²) in [6.07, 6.45) is 0.0913. The van der Waals surface area contributed by atoms with Crippen molar-refractivity contribution in [2.75, 3.05) is 6.54 Å². The van der Waals surface area contributed by atoms with E-state index in [1.54, 1.807) is 23.6 Å². The maximum atomic E-state index is 11.8. The summed E-state index contributed by atoms with van der Waals surface area (Å²) in [5.41, 5.74) is 1.36. The third-order valence-corrected chi connectivity index (χ3v) is 4.55. The van der Waals surface area contributed by atoms with Gasteiger partial charge in [0.2, 0.25) is 5.91 Å². The minimum atomic E-state index is -0.946. The smallest absolute Gasteiger partial charge is 0.308 e. The van der Waals surface area contributed by atoms with Gasteiger partial charge < -0.3 is 10.4 Å². The van der Waals surface area contributed by atoms with Crippen molar-refractivity contribution < 1.29 is 14.7 Å². The van der Waals surface area contributed by atoms with Crippen LogP contribution in [-0.4, -0.2) is 28.5 Å². The molecule has 1 unspecified atom stereocenters. The van der Waals surface area contributed by atoms with Gasteiger partial charge in [0.05, 0.1) is 23.1 Å². The number of thiazole rings is 1. The van der Waals surface area contributed by atoms with E-state index in [1.165, 1.54) is 18.3 Å². The number of hydrogen-bond donors (Lipinski definition) is 2. The molecule has 0 saturated heterocycles. The molecule has 23 heavy (non-hydrogen) atoms. The van der Waals surface area contributed by atoms with E-state index in [9.17, 15) is 9.59 Å². The van der Waals surface area contributed by atoms with E-state index in [4.69, 9.17) is 28.3 Å². The Kier molecular flexibility index (Phi) is 5.98. The SMILES string of the molecule is CC(CNC(=O)Cc1csc(-c2ccc(Cl)cc2Cl)n1)C(=O)O. The predicted octanol–water partition coefficient (Wildman–Crippen LogP) is 3.50. The fourth-order valence-corrected chi connectivity index (χ4v) is 3.17. The number of nitrogens with zero attached hydrogens (tertiary/aromatic N) is 1. The van der Waals surface area contributed by atoms with Crippen LogP contribution in [0.1, 0.15) is 12.6 Å². The van der Waals surface area contributed by atoms with Gasteiger partial charge in [-0.1, -0.05) is 30.1 Å². The summed E-state index contributed by atoms with van der Waals surface area (Å²) >= 11 is 13.4. The van der Waals surface area contributed by atoms with Crippen LogP contribution in [0, 0.1) is 5.92 Å². The number of carboxylic acids is 1. The van der Waals surface area contributed by atoms with Gasteiger partial charge in [-0.3, -0.25) is 9.59 Å². The van der Waals surface area contributed by atoms with E-state index in [2.05, 4.69) is 10.3 Å². The number of benzene rings is 1. The summed E-state index contributed by atoms with van der Waals surface area (Å²) in [7, 11) is 0. The number of carbonyl (C=O) groups excluding carboxylic acids is 1. The Labute approximate surface area is 147 Å². The molecule has 0 aliphatic carbocycles. The van der Waals surface area contributed by atoms with E-state index in [0.717, 1.165) is 5.56 Å². The molecular formula is C15H14Cl2N2O3S. The molecule has 2 rings (SSSR count). The van der Waals surface area contributed by atoms with Crippen molar-refractivity contribution in [2.45, 2.75) is 13.3 Å². The highest BCUT2D eigenvalue weighted by molar-refractivity contribution is 7.13. The molecule has 0 radical (unpaired) electrons. The molecule has 2 N–H and O–H groups in total. The Balaban J connectivity index is 1.99. The zero-order valence-corrected chi connectivity index (χ0v) is 14.5. The van der Waals surface area contributed by atoms with Gasteiger partial charge in [0.25, 0.3) is 0 Å². The molecule has 0 bridgehead atoms. The van der Waals surface area contributed by atoms with Crippen molar-refractivity contribution in [3.8, 4) is 10.6 Å². The summed E-state index contributed by atoms with van der Waals surface area (Å²) in [5, 5.41) is 14.9. The highest BCUT2D eigenvalue weighted by atomic mass is 35.5. The first kappa shape index (κ1) is 17.7. The Morgan fingerprint density at radius 1 is 1.39 bits per heavy atom. The van der Waals surface area contributed by atoms with Crippen molar-refractivity contribution >= 4 is 46.4 Å². The first-order chi connectivity index (χ1) is 10.9. The van der Waals surface area contributed by atoms with Crippen LogP contribution in [0.25, 0.3) is 10.6 Å². The molecule has 2 aromatic rings. The van der Waals surface area contributed by atoms with Gasteiger partial charge in [-0.25, -0.2) is 4.98 Å². The monoisotopic (exact) mass is 372 g/mol. The summed E-state index contributed by atoms with van der Waals surface area (Å²) < 4.78 is 0. The quantitative estimate of drug-likeness (QED) is 0.812. The Morgan fingerprint density at radius 3 is 2.78 bits per heavy atom. The van der Waals surface area contributed by atoms with E-state index < -0.39 is 11.9 Å². The third kappa shape index (κ3) is 4.92. The summed E-state index contributed by atoms with van der Waals surface area (Å²) in [6, 6.07) is 5.14.